The maximum Gasteiger partial charge on any atom is 0.137 e. The van der Waals surface area contributed by atoms with Crippen LogP contribution in [0, 0.1) is 0 Å². The standard InChI is InChI=1S/C25H25N3OS/c1-27-13-15-28(16-14-27)25-21-9-5-6-10-23(21)30-24-17-20(11-12-22(24)26-25)29-18-19-7-3-2-4-8-19/h2-12,17H,13-16,18H2,1H3. The van der Waals surface area contributed by atoms with E-state index in [4.69, 9.17) is 9.73 Å². The van der Waals surface area contributed by atoms with Gasteiger partial charge in [-0.2, -0.15) is 0 Å². The predicted octanol–water partition coefficient (Wildman–Crippen LogP) is 5.06. The summed E-state index contributed by atoms with van der Waals surface area (Å²) < 4.78 is 6.06. The third kappa shape index (κ3) is 4.09. The van der Waals surface area contributed by atoms with Crippen LogP contribution < -0.4 is 4.74 Å². The fourth-order valence-corrected chi connectivity index (χ4v) is 4.84. The molecule has 152 valence electrons. The van der Waals surface area contributed by atoms with Gasteiger partial charge in [-0.25, -0.2) is 4.99 Å². The minimum Gasteiger partial charge on any atom is -0.489 e. The number of nitrogens with zero attached hydrogens (tertiary/aromatic N) is 3. The number of hydrogen-bond acceptors (Lipinski definition) is 5. The average Bonchev–Trinajstić information content (AvgIpc) is 2.95. The Kier molecular flexibility index (Phi) is 5.47. The number of ether oxygens (including phenoxy) is 1. The first-order chi connectivity index (χ1) is 14.8. The molecule has 1 saturated heterocycles. The summed E-state index contributed by atoms with van der Waals surface area (Å²) in [5.74, 6) is 1.96. The second-order valence-electron chi connectivity index (χ2n) is 7.73. The number of amidine groups is 1. The third-order valence-corrected chi connectivity index (χ3v) is 6.68. The van der Waals surface area contributed by atoms with Gasteiger partial charge < -0.3 is 14.5 Å². The van der Waals surface area contributed by atoms with Crippen LogP contribution in [0.2, 0.25) is 0 Å². The molecule has 0 saturated carbocycles. The van der Waals surface area contributed by atoms with Crippen LogP contribution >= 0.6 is 11.8 Å². The van der Waals surface area contributed by atoms with Crippen molar-refractivity contribution in [2.75, 3.05) is 33.2 Å². The second kappa shape index (κ2) is 8.54. The third-order valence-electron chi connectivity index (χ3n) is 5.56. The molecule has 2 aliphatic rings. The Morgan fingerprint density at radius 1 is 0.867 bits per heavy atom. The van der Waals surface area contributed by atoms with Gasteiger partial charge in [-0.3, -0.25) is 0 Å². The van der Waals surface area contributed by atoms with Gasteiger partial charge in [0.05, 0.1) is 5.69 Å². The summed E-state index contributed by atoms with van der Waals surface area (Å²) in [4.78, 5) is 12.3. The highest BCUT2D eigenvalue weighted by Gasteiger charge is 2.24. The smallest absolute Gasteiger partial charge is 0.137 e. The summed E-state index contributed by atoms with van der Waals surface area (Å²) >= 11 is 1.78. The number of benzene rings is 3. The molecule has 0 bridgehead atoms. The molecule has 2 heterocycles. The van der Waals surface area contributed by atoms with Crippen LogP contribution in [-0.4, -0.2) is 48.9 Å². The van der Waals surface area contributed by atoms with Crippen LogP contribution in [0.5, 0.6) is 5.75 Å². The van der Waals surface area contributed by atoms with Gasteiger partial charge in [-0.1, -0.05) is 60.3 Å². The van der Waals surface area contributed by atoms with Crippen LogP contribution in [0.25, 0.3) is 0 Å². The van der Waals surface area contributed by atoms with Crippen molar-refractivity contribution in [2.24, 2.45) is 4.99 Å². The molecule has 0 spiro atoms. The summed E-state index contributed by atoms with van der Waals surface area (Å²) in [6.45, 7) is 4.70. The lowest BCUT2D eigenvalue weighted by molar-refractivity contribution is 0.215. The molecule has 5 rings (SSSR count). The normalized spacial score (nSPS) is 16.3. The number of rotatable bonds is 3. The Bertz CT molecular complexity index is 1060. The van der Waals surface area contributed by atoms with Gasteiger partial charge in [0.2, 0.25) is 0 Å². The molecule has 30 heavy (non-hydrogen) atoms. The Morgan fingerprint density at radius 2 is 1.63 bits per heavy atom. The zero-order chi connectivity index (χ0) is 20.3. The van der Waals surface area contributed by atoms with E-state index in [0.717, 1.165) is 48.3 Å². The Labute approximate surface area is 182 Å². The number of hydrogen-bond donors (Lipinski definition) is 0. The summed E-state index contributed by atoms with van der Waals surface area (Å²) in [5, 5.41) is 0. The SMILES string of the molecule is CN1CCN(C2=Nc3ccc(OCc4ccccc4)cc3Sc3ccccc32)CC1. The minimum absolute atomic E-state index is 0.566. The first-order valence-electron chi connectivity index (χ1n) is 10.4. The molecule has 0 radical (unpaired) electrons. The predicted molar refractivity (Wildman–Crippen MR) is 123 cm³/mol. The maximum atomic E-state index is 6.06. The Balaban J connectivity index is 1.46. The molecule has 0 aromatic heterocycles. The van der Waals surface area contributed by atoms with E-state index < -0.39 is 0 Å². The van der Waals surface area contributed by atoms with Crippen molar-refractivity contribution >= 4 is 23.3 Å². The monoisotopic (exact) mass is 415 g/mol. The Morgan fingerprint density at radius 3 is 2.47 bits per heavy atom. The van der Waals surface area contributed by atoms with Gasteiger partial charge in [0.15, 0.2) is 0 Å². The van der Waals surface area contributed by atoms with Crippen molar-refractivity contribution in [3.05, 3.63) is 83.9 Å². The van der Waals surface area contributed by atoms with Crippen molar-refractivity contribution in [2.45, 2.75) is 16.4 Å². The number of piperazine rings is 1. The van der Waals surface area contributed by atoms with Gasteiger partial charge in [-0.15, -0.1) is 0 Å². The van der Waals surface area contributed by atoms with Crippen molar-refractivity contribution in [3.8, 4) is 5.75 Å². The van der Waals surface area contributed by atoms with E-state index in [2.05, 4.69) is 65.4 Å². The maximum absolute atomic E-state index is 6.06. The average molecular weight is 416 g/mol. The van der Waals surface area contributed by atoms with Gasteiger partial charge in [0.1, 0.15) is 18.2 Å². The highest BCUT2D eigenvalue weighted by molar-refractivity contribution is 7.99. The summed E-state index contributed by atoms with van der Waals surface area (Å²) in [6.07, 6.45) is 0. The highest BCUT2D eigenvalue weighted by Crippen LogP contribution is 2.42. The molecule has 0 unspecified atom stereocenters. The van der Waals surface area contributed by atoms with Crippen LogP contribution in [0.15, 0.2) is 87.6 Å². The van der Waals surface area contributed by atoms with Gasteiger partial charge in [0.25, 0.3) is 0 Å². The highest BCUT2D eigenvalue weighted by atomic mass is 32.2. The lowest BCUT2D eigenvalue weighted by Crippen LogP contribution is -2.47. The van der Waals surface area contributed by atoms with Gasteiger partial charge >= 0.3 is 0 Å². The molecule has 4 nitrogen and oxygen atoms in total. The van der Waals surface area contributed by atoms with Crippen molar-refractivity contribution in [1.29, 1.82) is 0 Å². The van der Waals surface area contributed by atoms with E-state index in [0.29, 0.717) is 6.61 Å². The van der Waals surface area contributed by atoms with Gasteiger partial charge in [0, 0.05) is 41.5 Å². The van der Waals surface area contributed by atoms with E-state index in [9.17, 15) is 0 Å². The molecular formula is C25H25N3OS. The molecular weight excluding hydrogens is 390 g/mol. The van der Waals surface area contributed by atoms with Crippen molar-refractivity contribution in [1.82, 2.24) is 9.80 Å². The summed E-state index contributed by atoms with van der Waals surface area (Å²) in [6, 6.07) is 25.1. The fraction of sp³-hybridized carbons (Fsp3) is 0.240. The van der Waals surface area contributed by atoms with Crippen LogP contribution in [0.4, 0.5) is 5.69 Å². The number of aliphatic imine (C=N–C) groups is 1. The van der Waals surface area contributed by atoms with E-state index >= 15 is 0 Å². The van der Waals surface area contributed by atoms with Crippen LogP contribution in [0.3, 0.4) is 0 Å². The molecule has 0 atom stereocenters. The fourth-order valence-electron chi connectivity index (χ4n) is 3.79. The molecule has 0 N–H and O–H groups in total. The minimum atomic E-state index is 0.566. The number of fused-ring (bicyclic) bond motifs is 2. The topological polar surface area (TPSA) is 28.1 Å². The van der Waals surface area contributed by atoms with Crippen molar-refractivity contribution in [3.63, 3.8) is 0 Å². The van der Waals surface area contributed by atoms with Gasteiger partial charge in [-0.05, 0) is 36.9 Å². The first kappa shape index (κ1) is 19.2. The van der Waals surface area contributed by atoms with Crippen LogP contribution in [-0.2, 0) is 6.61 Å². The summed E-state index contributed by atoms with van der Waals surface area (Å²) in [5.41, 5.74) is 3.40. The zero-order valence-corrected chi connectivity index (χ0v) is 17.9. The quantitative estimate of drug-likeness (QED) is 0.598. The zero-order valence-electron chi connectivity index (χ0n) is 17.1. The number of likely N-dealkylation sites (N-methyl/N-ethyl adjacent to an activating group) is 1. The molecule has 5 heteroatoms. The molecule has 2 aliphatic heterocycles. The molecule has 3 aromatic rings. The van der Waals surface area contributed by atoms with E-state index in [1.807, 2.05) is 24.3 Å². The molecule has 0 amide bonds. The lowest BCUT2D eigenvalue weighted by Gasteiger charge is -2.34. The van der Waals surface area contributed by atoms with E-state index in [-0.39, 0.29) is 0 Å². The molecule has 0 aliphatic carbocycles. The Hall–Kier alpha value is -2.76. The molecule has 1 fully saturated rings. The van der Waals surface area contributed by atoms with E-state index in [1.165, 1.54) is 16.0 Å². The first-order valence-corrected chi connectivity index (χ1v) is 11.2. The lowest BCUT2D eigenvalue weighted by atomic mass is 10.1. The largest absolute Gasteiger partial charge is 0.489 e. The van der Waals surface area contributed by atoms with Crippen LogP contribution in [0.1, 0.15) is 11.1 Å². The second-order valence-corrected chi connectivity index (χ2v) is 8.81. The molecule has 3 aromatic carbocycles. The summed E-state index contributed by atoms with van der Waals surface area (Å²) in [7, 11) is 2.18. The van der Waals surface area contributed by atoms with E-state index in [1.54, 1.807) is 11.8 Å². The van der Waals surface area contributed by atoms with Crippen molar-refractivity contribution < 1.29 is 4.74 Å².